The Morgan fingerprint density at radius 1 is 1.06 bits per heavy atom. The number of benzene rings is 2. The Bertz CT molecular complexity index is 1270. The Balaban J connectivity index is 1.42. The van der Waals surface area contributed by atoms with Crippen molar-refractivity contribution >= 4 is 5.71 Å². The average molecular weight is 462 g/mol. The third-order valence-corrected chi connectivity index (χ3v) is 5.96. The first kappa shape index (κ1) is 21.9. The van der Waals surface area contributed by atoms with Gasteiger partial charge in [-0.15, -0.1) is 10.2 Å². The number of aromatic amines is 1. The van der Waals surface area contributed by atoms with Crippen molar-refractivity contribution in [2.45, 2.75) is 38.7 Å². The molecule has 174 valence electrons. The van der Waals surface area contributed by atoms with Crippen LogP contribution in [0.4, 0.5) is 8.78 Å². The van der Waals surface area contributed by atoms with Crippen LogP contribution < -0.4 is 0 Å². The summed E-state index contributed by atoms with van der Waals surface area (Å²) in [6.07, 6.45) is 4.12. The molecule has 0 amide bonds. The molecule has 1 N–H and O–H groups in total. The van der Waals surface area contributed by atoms with Crippen LogP contribution in [0.3, 0.4) is 0 Å². The fourth-order valence-corrected chi connectivity index (χ4v) is 4.58. The van der Waals surface area contributed by atoms with Crippen LogP contribution in [-0.2, 0) is 6.42 Å². The van der Waals surface area contributed by atoms with Crippen molar-refractivity contribution in [3.8, 4) is 22.5 Å². The van der Waals surface area contributed by atoms with E-state index < -0.39 is 5.92 Å². The number of nitrogens with one attached hydrogen (secondary N) is 1. The summed E-state index contributed by atoms with van der Waals surface area (Å²) in [4.78, 5) is 4.60. The molecule has 0 saturated carbocycles. The summed E-state index contributed by atoms with van der Waals surface area (Å²) in [7, 11) is 1.92. The highest BCUT2D eigenvalue weighted by Gasteiger charge is 2.39. The number of fused-ring (bicyclic) bond motifs is 1. The molecule has 3 heterocycles. The fraction of sp³-hybridized carbons (Fsp3) is 0.280. The molecule has 0 spiro atoms. The van der Waals surface area contributed by atoms with Crippen LogP contribution in [0.2, 0.25) is 0 Å². The molecule has 1 unspecified atom stereocenters. The van der Waals surface area contributed by atoms with Crippen LogP contribution in [0.15, 0.2) is 77.2 Å². The predicted molar refractivity (Wildman–Crippen MR) is 127 cm³/mol. The molecule has 0 aliphatic carbocycles. The summed E-state index contributed by atoms with van der Waals surface area (Å²) in [5.74, 6) is -1.59. The van der Waals surface area contributed by atoms with Gasteiger partial charge in [0, 0.05) is 25.2 Å². The highest BCUT2D eigenvalue weighted by atomic mass is 19.3. The minimum Gasteiger partial charge on any atom is -0.293 e. The average Bonchev–Trinajstić information content (AvgIpc) is 3.42. The quantitative estimate of drug-likeness (QED) is 0.568. The lowest BCUT2D eigenvalue weighted by atomic mass is 9.95. The lowest BCUT2D eigenvalue weighted by molar-refractivity contribution is 0.0262. The van der Waals surface area contributed by atoms with Crippen molar-refractivity contribution in [3.05, 3.63) is 77.8 Å². The van der Waals surface area contributed by atoms with Crippen LogP contribution in [0.1, 0.15) is 25.8 Å². The number of rotatable bonds is 6. The number of tetrazole rings is 1. The van der Waals surface area contributed by atoms with Crippen molar-refractivity contribution in [2.24, 2.45) is 4.99 Å². The number of halogens is 2. The zero-order valence-electron chi connectivity index (χ0n) is 19.2. The summed E-state index contributed by atoms with van der Waals surface area (Å²) in [5, 5.41) is 18.3. The monoisotopic (exact) mass is 461 g/mol. The Kier molecular flexibility index (Phi) is 5.47. The topological polar surface area (TPSA) is 73.3 Å². The van der Waals surface area contributed by atoms with Gasteiger partial charge >= 0.3 is 0 Å². The fourth-order valence-electron chi connectivity index (χ4n) is 4.58. The number of hydrazine groups is 1. The van der Waals surface area contributed by atoms with E-state index >= 15 is 0 Å². The normalized spacial score (nSPS) is 17.9. The number of aromatic nitrogens is 4. The van der Waals surface area contributed by atoms with Crippen molar-refractivity contribution in [2.75, 3.05) is 7.05 Å². The van der Waals surface area contributed by atoms with E-state index in [-0.39, 0.29) is 12.5 Å². The number of H-pyrrole nitrogens is 1. The number of nitrogens with zero attached hydrogens (tertiary/aromatic N) is 6. The smallest absolute Gasteiger partial charge is 0.250 e. The summed E-state index contributed by atoms with van der Waals surface area (Å²) in [6.45, 7) is 2.92. The maximum Gasteiger partial charge on any atom is 0.250 e. The van der Waals surface area contributed by atoms with Gasteiger partial charge in [0.1, 0.15) is 5.82 Å². The minimum absolute atomic E-state index is 0.274. The van der Waals surface area contributed by atoms with E-state index in [1.54, 1.807) is 0 Å². The van der Waals surface area contributed by atoms with E-state index in [9.17, 15) is 8.78 Å². The number of hydrogen-bond acceptors (Lipinski definition) is 6. The van der Waals surface area contributed by atoms with Gasteiger partial charge in [-0.3, -0.25) is 10.0 Å². The molecule has 2 aliphatic heterocycles. The van der Waals surface area contributed by atoms with Crippen LogP contribution in [0.25, 0.3) is 22.5 Å². The molecular weight excluding hydrogens is 436 g/mol. The standard InChI is InChI=1S/C25H25F2N7/c1-16-12-23-28-21(14-25(2,26)27)22(34(23)33(3)15-16)13-17-8-10-18(11-9-17)19-6-4-5-7-20(19)24-29-31-32-30-24/h4-12,15,22H,13-14H2,1-3H3,(H,29,30,31,32). The highest BCUT2D eigenvalue weighted by Crippen LogP contribution is 2.34. The lowest BCUT2D eigenvalue weighted by Gasteiger charge is -2.37. The van der Waals surface area contributed by atoms with Crippen molar-refractivity contribution in [3.63, 3.8) is 0 Å². The van der Waals surface area contributed by atoms with Gasteiger partial charge in [-0.2, -0.15) is 5.21 Å². The summed E-state index contributed by atoms with van der Waals surface area (Å²) >= 11 is 0. The SMILES string of the molecule is CC1=CN(C)N2C(=C1)N=C(CC(C)(F)F)C2Cc1ccc(-c2ccccc2-c2nn[nH]n2)cc1. The maximum absolute atomic E-state index is 14.0. The van der Waals surface area contributed by atoms with Gasteiger partial charge in [0.25, 0.3) is 5.92 Å². The van der Waals surface area contributed by atoms with Crippen molar-refractivity contribution in [1.29, 1.82) is 0 Å². The van der Waals surface area contributed by atoms with Gasteiger partial charge in [0.2, 0.25) is 5.82 Å². The van der Waals surface area contributed by atoms with E-state index in [0.717, 1.165) is 34.8 Å². The lowest BCUT2D eigenvalue weighted by Crippen LogP contribution is -2.46. The first-order valence-corrected chi connectivity index (χ1v) is 11.1. The molecule has 0 bridgehead atoms. The second kappa shape index (κ2) is 8.48. The van der Waals surface area contributed by atoms with E-state index in [1.807, 2.05) is 84.8 Å². The second-order valence-corrected chi connectivity index (χ2v) is 8.84. The van der Waals surface area contributed by atoms with Gasteiger partial charge in [0.15, 0.2) is 0 Å². The van der Waals surface area contributed by atoms with Crippen LogP contribution in [0.5, 0.6) is 0 Å². The Labute approximate surface area is 196 Å². The number of aliphatic imine (C=N–C) groups is 1. The zero-order valence-corrected chi connectivity index (χ0v) is 19.2. The van der Waals surface area contributed by atoms with Crippen molar-refractivity contribution in [1.82, 2.24) is 30.6 Å². The molecule has 1 atom stereocenters. The molecule has 1 aromatic heterocycles. The van der Waals surface area contributed by atoms with Crippen LogP contribution >= 0.6 is 0 Å². The molecule has 0 radical (unpaired) electrons. The molecule has 0 fully saturated rings. The number of allylic oxidation sites excluding steroid dienone is 2. The van der Waals surface area contributed by atoms with Gasteiger partial charge in [-0.1, -0.05) is 48.5 Å². The van der Waals surface area contributed by atoms with Crippen molar-refractivity contribution < 1.29 is 8.78 Å². The summed E-state index contributed by atoms with van der Waals surface area (Å²) in [6, 6.07) is 15.7. The molecular formula is C25H25F2N7. The van der Waals surface area contributed by atoms with E-state index in [0.29, 0.717) is 23.8 Å². The van der Waals surface area contributed by atoms with E-state index in [2.05, 4.69) is 25.6 Å². The van der Waals surface area contributed by atoms with Crippen LogP contribution in [-0.4, -0.2) is 55.4 Å². The molecule has 2 aromatic carbocycles. The summed E-state index contributed by atoms with van der Waals surface area (Å²) in [5.41, 5.74) is 5.46. The largest absolute Gasteiger partial charge is 0.293 e. The van der Waals surface area contributed by atoms with Crippen LogP contribution in [0, 0.1) is 0 Å². The third-order valence-electron chi connectivity index (χ3n) is 5.96. The number of hydrogen-bond donors (Lipinski definition) is 1. The summed E-state index contributed by atoms with van der Waals surface area (Å²) < 4.78 is 27.9. The first-order valence-electron chi connectivity index (χ1n) is 11.1. The van der Waals surface area contributed by atoms with Gasteiger partial charge in [0.05, 0.1) is 18.2 Å². The first-order chi connectivity index (χ1) is 16.3. The Hall–Kier alpha value is -3.88. The molecule has 3 aromatic rings. The maximum atomic E-state index is 14.0. The molecule has 0 saturated heterocycles. The molecule has 9 heteroatoms. The molecule has 5 rings (SSSR count). The third kappa shape index (κ3) is 4.33. The van der Waals surface area contributed by atoms with Gasteiger partial charge < -0.3 is 0 Å². The van der Waals surface area contributed by atoms with E-state index in [1.165, 1.54) is 0 Å². The molecule has 7 nitrogen and oxygen atoms in total. The Morgan fingerprint density at radius 3 is 2.47 bits per heavy atom. The number of alkyl halides is 2. The minimum atomic E-state index is -2.82. The molecule has 2 aliphatic rings. The predicted octanol–water partition coefficient (Wildman–Crippen LogP) is 4.85. The van der Waals surface area contributed by atoms with Gasteiger partial charge in [-0.05, 0) is 47.4 Å². The highest BCUT2D eigenvalue weighted by molar-refractivity contribution is 5.93. The zero-order chi connectivity index (χ0) is 23.9. The van der Waals surface area contributed by atoms with E-state index in [4.69, 9.17) is 0 Å². The Morgan fingerprint density at radius 2 is 1.79 bits per heavy atom. The van der Waals surface area contributed by atoms with Gasteiger partial charge in [-0.25, -0.2) is 13.8 Å². The second-order valence-electron chi connectivity index (χ2n) is 8.84. The molecule has 34 heavy (non-hydrogen) atoms.